The second-order valence-electron chi connectivity index (χ2n) is 4.12. The summed E-state index contributed by atoms with van der Waals surface area (Å²) in [5.41, 5.74) is 1.16. The lowest BCUT2D eigenvalue weighted by Gasteiger charge is -2.19. The molecule has 2 rings (SSSR count). The summed E-state index contributed by atoms with van der Waals surface area (Å²) in [7, 11) is -3.63. The quantitative estimate of drug-likeness (QED) is 0.903. The van der Waals surface area contributed by atoms with Gasteiger partial charge in [0.25, 0.3) is 10.0 Å². The number of H-pyrrole nitrogens is 1. The maximum absolute atomic E-state index is 12.4. The number of hydrogen-bond acceptors (Lipinski definition) is 4. The highest BCUT2D eigenvalue weighted by Gasteiger charge is 2.25. The molecule has 0 aliphatic rings. The molecule has 0 atom stereocenters. The first-order valence-electron chi connectivity index (χ1n) is 6.06. The zero-order valence-electron chi connectivity index (χ0n) is 10.9. The lowest BCUT2D eigenvalue weighted by Crippen LogP contribution is -2.31. The van der Waals surface area contributed by atoms with E-state index >= 15 is 0 Å². The zero-order chi connectivity index (χ0) is 14.6. The van der Waals surface area contributed by atoms with E-state index in [1.165, 1.54) is 16.8 Å². The zero-order valence-corrected chi connectivity index (χ0v) is 11.8. The lowest BCUT2D eigenvalue weighted by molar-refractivity contribution is 0.421. The highest BCUT2D eigenvalue weighted by molar-refractivity contribution is 7.89. The van der Waals surface area contributed by atoms with Gasteiger partial charge in [-0.15, -0.1) is 0 Å². The number of nitrogens with one attached hydrogen (secondary N) is 1. The van der Waals surface area contributed by atoms with Crippen LogP contribution in [0.25, 0.3) is 0 Å². The molecule has 1 N–H and O–H groups in total. The number of sulfonamides is 1. The van der Waals surface area contributed by atoms with Crippen molar-refractivity contribution in [3.63, 3.8) is 0 Å². The molecule has 0 bridgehead atoms. The Labute approximate surface area is 117 Å². The van der Waals surface area contributed by atoms with Crippen molar-refractivity contribution in [2.75, 3.05) is 6.54 Å². The van der Waals surface area contributed by atoms with E-state index < -0.39 is 10.0 Å². The van der Waals surface area contributed by atoms with Crippen molar-refractivity contribution in [3.8, 4) is 6.07 Å². The second-order valence-corrected chi connectivity index (χ2v) is 6.02. The molecule has 104 valence electrons. The third-order valence-electron chi connectivity index (χ3n) is 2.93. The van der Waals surface area contributed by atoms with Gasteiger partial charge in [-0.1, -0.05) is 25.1 Å². The molecular formula is C13H14N4O2S. The van der Waals surface area contributed by atoms with Crippen LogP contribution in [0, 0.1) is 11.3 Å². The Hall–Kier alpha value is -2.17. The molecular weight excluding hydrogens is 276 g/mol. The molecule has 0 aliphatic carbocycles. The van der Waals surface area contributed by atoms with Gasteiger partial charge in [0.2, 0.25) is 0 Å². The Morgan fingerprint density at radius 3 is 2.75 bits per heavy atom. The van der Waals surface area contributed by atoms with Crippen molar-refractivity contribution in [1.82, 2.24) is 14.3 Å². The predicted octanol–water partition coefficient (Wildman–Crippen LogP) is 1.49. The van der Waals surface area contributed by atoms with Crippen LogP contribution in [0.3, 0.4) is 0 Å². The van der Waals surface area contributed by atoms with Crippen LogP contribution in [-0.4, -0.2) is 29.2 Å². The third-order valence-corrected chi connectivity index (χ3v) is 4.77. The average molecular weight is 290 g/mol. The normalized spacial score (nSPS) is 11.4. The van der Waals surface area contributed by atoms with E-state index in [0.717, 1.165) is 0 Å². The van der Waals surface area contributed by atoms with E-state index in [-0.39, 0.29) is 11.6 Å². The van der Waals surface area contributed by atoms with Crippen LogP contribution in [0.4, 0.5) is 0 Å². The minimum atomic E-state index is -3.63. The summed E-state index contributed by atoms with van der Waals surface area (Å²) in [4.78, 5) is 6.33. The number of hydrogen-bond donors (Lipinski definition) is 1. The van der Waals surface area contributed by atoms with Crippen LogP contribution in [0.1, 0.15) is 18.1 Å². The number of nitrogens with zero attached hydrogens (tertiary/aromatic N) is 3. The number of aromatic amines is 1. The molecule has 0 spiro atoms. The van der Waals surface area contributed by atoms with Gasteiger partial charge < -0.3 is 4.98 Å². The first-order valence-corrected chi connectivity index (χ1v) is 7.50. The van der Waals surface area contributed by atoms with Crippen molar-refractivity contribution in [1.29, 1.82) is 5.26 Å². The van der Waals surface area contributed by atoms with Crippen molar-refractivity contribution in [3.05, 3.63) is 47.9 Å². The summed E-state index contributed by atoms with van der Waals surface area (Å²) < 4.78 is 26.1. The topological polar surface area (TPSA) is 89.8 Å². The second kappa shape index (κ2) is 5.86. The molecule has 20 heavy (non-hydrogen) atoms. The number of imidazole rings is 1. The van der Waals surface area contributed by atoms with Gasteiger partial charge in [0, 0.05) is 13.1 Å². The molecule has 0 fully saturated rings. The van der Waals surface area contributed by atoms with Crippen LogP contribution in [0.2, 0.25) is 0 Å². The first-order chi connectivity index (χ1) is 9.59. The molecule has 1 aromatic heterocycles. The van der Waals surface area contributed by atoms with Crippen LogP contribution >= 0.6 is 0 Å². The standard InChI is InChI=1S/C13H14N4O2S/c1-2-17(20(18,19)13-8-15-10-16-13)9-12-6-4-3-5-11(12)7-14/h3-6,8,10H,2,9H2,1H3,(H,15,16). The summed E-state index contributed by atoms with van der Waals surface area (Å²) in [5.74, 6) is 0. The summed E-state index contributed by atoms with van der Waals surface area (Å²) in [5, 5.41) is 9.11. The minimum Gasteiger partial charge on any atom is -0.335 e. The van der Waals surface area contributed by atoms with Crippen molar-refractivity contribution >= 4 is 10.0 Å². The van der Waals surface area contributed by atoms with Crippen LogP contribution in [0.15, 0.2) is 41.8 Å². The highest BCUT2D eigenvalue weighted by atomic mass is 32.2. The molecule has 7 heteroatoms. The van der Waals surface area contributed by atoms with E-state index in [1.54, 1.807) is 31.2 Å². The van der Waals surface area contributed by atoms with Gasteiger partial charge in [0.1, 0.15) is 0 Å². The van der Waals surface area contributed by atoms with E-state index in [0.29, 0.717) is 17.7 Å². The van der Waals surface area contributed by atoms with Crippen LogP contribution < -0.4 is 0 Å². The van der Waals surface area contributed by atoms with Crippen LogP contribution in [-0.2, 0) is 16.6 Å². The molecule has 0 saturated carbocycles. The fraction of sp³-hybridized carbons (Fsp3) is 0.231. The fourth-order valence-electron chi connectivity index (χ4n) is 1.85. The highest BCUT2D eigenvalue weighted by Crippen LogP contribution is 2.17. The smallest absolute Gasteiger partial charge is 0.260 e. The Morgan fingerprint density at radius 2 is 2.15 bits per heavy atom. The minimum absolute atomic E-state index is 0.0498. The molecule has 1 aromatic carbocycles. The fourth-order valence-corrected chi connectivity index (χ4v) is 3.17. The number of benzene rings is 1. The Morgan fingerprint density at radius 1 is 1.40 bits per heavy atom. The molecule has 2 aromatic rings. The van der Waals surface area contributed by atoms with E-state index in [1.807, 2.05) is 0 Å². The summed E-state index contributed by atoms with van der Waals surface area (Å²) in [6, 6.07) is 9.03. The number of rotatable bonds is 5. The van der Waals surface area contributed by atoms with Crippen LogP contribution in [0.5, 0.6) is 0 Å². The number of nitriles is 1. The van der Waals surface area contributed by atoms with Crippen molar-refractivity contribution in [2.45, 2.75) is 18.5 Å². The third kappa shape index (κ3) is 2.71. The van der Waals surface area contributed by atoms with Crippen molar-refractivity contribution < 1.29 is 8.42 Å². The molecule has 0 unspecified atom stereocenters. The number of aromatic nitrogens is 2. The van der Waals surface area contributed by atoms with Gasteiger partial charge in [-0.25, -0.2) is 13.4 Å². The summed E-state index contributed by atoms with van der Waals surface area (Å²) in [6.07, 6.45) is 2.60. The monoisotopic (exact) mass is 290 g/mol. The van der Waals surface area contributed by atoms with E-state index in [9.17, 15) is 8.42 Å². The Balaban J connectivity index is 2.33. The summed E-state index contributed by atoms with van der Waals surface area (Å²) >= 11 is 0. The van der Waals surface area contributed by atoms with Gasteiger partial charge in [0.05, 0.1) is 24.2 Å². The van der Waals surface area contributed by atoms with Gasteiger partial charge in [-0.2, -0.15) is 9.57 Å². The van der Waals surface area contributed by atoms with Gasteiger partial charge in [0.15, 0.2) is 5.03 Å². The van der Waals surface area contributed by atoms with Crippen molar-refractivity contribution in [2.24, 2.45) is 0 Å². The predicted molar refractivity (Wildman–Crippen MR) is 73.0 cm³/mol. The first kappa shape index (κ1) is 14.2. The molecule has 0 amide bonds. The van der Waals surface area contributed by atoms with E-state index in [4.69, 9.17) is 5.26 Å². The molecule has 0 aliphatic heterocycles. The van der Waals surface area contributed by atoms with E-state index in [2.05, 4.69) is 16.0 Å². The maximum atomic E-state index is 12.4. The molecule has 1 heterocycles. The Bertz CT molecular complexity index is 717. The van der Waals surface area contributed by atoms with Gasteiger partial charge >= 0.3 is 0 Å². The SMILES string of the molecule is CCN(Cc1ccccc1C#N)S(=O)(=O)c1cnc[nH]1. The van der Waals surface area contributed by atoms with Gasteiger partial charge in [-0.3, -0.25) is 0 Å². The molecule has 6 nitrogen and oxygen atoms in total. The molecule has 0 radical (unpaired) electrons. The summed E-state index contributed by atoms with van der Waals surface area (Å²) in [6.45, 7) is 2.21. The maximum Gasteiger partial charge on any atom is 0.260 e. The largest absolute Gasteiger partial charge is 0.335 e. The average Bonchev–Trinajstić information content (AvgIpc) is 2.99. The Kier molecular flexibility index (Phi) is 4.17. The molecule has 0 saturated heterocycles. The van der Waals surface area contributed by atoms with Gasteiger partial charge in [-0.05, 0) is 11.6 Å². The lowest BCUT2D eigenvalue weighted by atomic mass is 10.1.